The van der Waals surface area contributed by atoms with E-state index in [2.05, 4.69) is 20.9 Å². The van der Waals surface area contributed by atoms with Crippen molar-refractivity contribution in [2.75, 3.05) is 21.3 Å². The van der Waals surface area contributed by atoms with E-state index in [9.17, 15) is 9.59 Å². The smallest absolute Gasteiger partial charge is 0.325 e. The van der Waals surface area contributed by atoms with E-state index in [0.717, 1.165) is 9.17 Å². The summed E-state index contributed by atoms with van der Waals surface area (Å²) in [6.07, 6.45) is 0. The Morgan fingerprint density at radius 1 is 1.07 bits per heavy atom. The number of aromatic nitrogens is 1. The molecule has 0 radical (unpaired) electrons. The monoisotopic (exact) mass is 464 g/mol. The molecule has 28 heavy (non-hydrogen) atoms. The summed E-state index contributed by atoms with van der Waals surface area (Å²) in [5.41, 5.74) is 1.14. The van der Waals surface area contributed by atoms with E-state index in [1.165, 1.54) is 25.6 Å². The lowest BCUT2D eigenvalue weighted by atomic mass is 10.2. The van der Waals surface area contributed by atoms with E-state index < -0.39 is 11.9 Å². The minimum atomic E-state index is -0.452. The Morgan fingerprint density at radius 2 is 1.71 bits per heavy atom. The van der Waals surface area contributed by atoms with Crippen molar-refractivity contribution in [1.29, 1.82) is 0 Å². The summed E-state index contributed by atoms with van der Waals surface area (Å²) in [6.45, 7) is -0.0849. The summed E-state index contributed by atoms with van der Waals surface area (Å²) in [7, 11) is 4.38. The van der Waals surface area contributed by atoms with Gasteiger partial charge < -0.3 is 18.8 Å². The third kappa shape index (κ3) is 4.10. The largest absolute Gasteiger partial charge is 0.493 e. The average Bonchev–Trinajstić information content (AvgIpc) is 3.02. The number of benzene rings is 2. The molecule has 1 heterocycles. The number of methoxy groups -OCH3 is 3. The van der Waals surface area contributed by atoms with Gasteiger partial charge in [0.2, 0.25) is 0 Å². The van der Waals surface area contributed by atoms with Crippen LogP contribution >= 0.6 is 27.3 Å². The van der Waals surface area contributed by atoms with Crippen molar-refractivity contribution in [2.24, 2.45) is 4.99 Å². The number of rotatable bonds is 5. The number of thiazole rings is 1. The first-order valence-corrected chi connectivity index (χ1v) is 9.74. The molecule has 0 spiro atoms. The van der Waals surface area contributed by atoms with Gasteiger partial charge in [-0.15, -0.1) is 0 Å². The average molecular weight is 465 g/mol. The van der Waals surface area contributed by atoms with Gasteiger partial charge in [-0.1, -0.05) is 27.3 Å². The molecular weight excluding hydrogens is 448 g/mol. The summed E-state index contributed by atoms with van der Waals surface area (Å²) in [5.74, 6) is 0.202. The number of nitrogens with zero attached hydrogens (tertiary/aromatic N) is 2. The quantitative estimate of drug-likeness (QED) is 0.540. The first kappa shape index (κ1) is 20.1. The summed E-state index contributed by atoms with van der Waals surface area (Å²) in [6, 6.07) is 10.4. The van der Waals surface area contributed by atoms with E-state index in [-0.39, 0.29) is 6.54 Å². The Hall–Kier alpha value is -2.65. The minimum absolute atomic E-state index is 0.0849. The van der Waals surface area contributed by atoms with Gasteiger partial charge in [0.05, 0.1) is 31.5 Å². The van der Waals surface area contributed by atoms with Crippen LogP contribution in [0.1, 0.15) is 10.4 Å². The van der Waals surface area contributed by atoms with Crippen molar-refractivity contribution in [3.8, 4) is 11.5 Å². The molecule has 1 aromatic heterocycles. The van der Waals surface area contributed by atoms with Gasteiger partial charge in [0, 0.05) is 22.2 Å². The summed E-state index contributed by atoms with van der Waals surface area (Å²) < 4.78 is 18.8. The zero-order valence-corrected chi connectivity index (χ0v) is 17.8. The number of esters is 1. The molecule has 2 aromatic carbocycles. The third-order valence-corrected chi connectivity index (χ3v) is 5.56. The van der Waals surface area contributed by atoms with Crippen molar-refractivity contribution in [3.63, 3.8) is 0 Å². The molecule has 3 rings (SSSR count). The van der Waals surface area contributed by atoms with Crippen LogP contribution in [0.2, 0.25) is 0 Å². The molecule has 0 saturated carbocycles. The fourth-order valence-corrected chi connectivity index (χ4v) is 3.87. The SMILES string of the molecule is COC(=O)Cn1c(=NC(=O)c2ccc(Br)cc2)sc2cc(OC)c(OC)cc21. The zero-order chi connectivity index (χ0) is 20.3. The van der Waals surface area contributed by atoms with Crippen LogP contribution in [-0.4, -0.2) is 37.8 Å². The topological polar surface area (TPSA) is 79.1 Å². The Labute approximate surface area is 173 Å². The fraction of sp³-hybridized carbons (Fsp3) is 0.211. The Kier molecular flexibility index (Phi) is 6.15. The molecule has 9 heteroatoms. The summed E-state index contributed by atoms with van der Waals surface area (Å²) >= 11 is 4.61. The standard InChI is InChI=1S/C19H17BrN2O5S/c1-25-14-8-13-16(9-15(14)26-2)28-19(22(13)10-17(23)27-3)21-18(24)11-4-6-12(20)7-5-11/h4-9H,10H2,1-3H3. The van der Waals surface area contributed by atoms with E-state index in [1.54, 1.807) is 48.1 Å². The Bertz CT molecular complexity index is 1100. The lowest BCUT2D eigenvalue weighted by Gasteiger charge is -2.09. The number of amides is 1. The van der Waals surface area contributed by atoms with E-state index in [0.29, 0.717) is 27.4 Å². The number of carbonyl (C=O) groups excluding carboxylic acids is 2. The predicted octanol–water partition coefficient (Wildman–Crippen LogP) is 3.40. The van der Waals surface area contributed by atoms with Gasteiger partial charge in [0.25, 0.3) is 5.91 Å². The predicted molar refractivity (Wildman–Crippen MR) is 109 cm³/mol. The molecule has 0 aliphatic heterocycles. The van der Waals surface area contributed by atoms with Crippen LogP contribution in [0.3, 0.4) is 0 Å². The first-order chi connectivity index (χ1) is 13.5. The molecular formula is C19H17BrN2O5S. The molecule has 7 nitrogen and oxygen atoms in total. The molecule has 0 unspecified atom stereocenters. The molecule has 0 saturated heterocycles. The highest BCUT2D eigenvalue weighted by molar-refractivity contribution is 9.10. The van der Waals surface area contributed by atoms with Crippen LogP contribution < -0.4 is 14.3 Å². The number of hydrogen-bond donors (Lipinski definition) is 0. The number of hydrogen-bond acceptors (Lipinski definition) is 6. The number of carbonyl (C=O) groups is 2. The number of halogens is 1. The molecule has 0 bridgehead atoms. The van der Waals surface area contributed by atoms with Crippen LogP contribution in [0.25, 0.3) is 10.2 Å². The highest BCUT2D eigenvalue weighted by atomic mass is 79.9. The maximum absolute atomic E-state index is 12.6. The summed E-state index contributed by atoms with van der Waals surface area (Å²) in [4.78, 5) is 29.1. The van der Waals surface area contributed by atoms with Crippen LogP contribution in [0.4, 0.5) is 0 Å². The maximum atomic E-state index is 12.6. The second kappa shape index (κ2) is 8.57. The van der Waals surface area contributed by atoms with Crippen LogP contribution in [-0.2, 0) is 16.1 Å². The van der Waals surface area contributed by atoms with E-state index >= 15 is 0 Å². The molecule has 1 amide bonds. The van der Waals surface area contributed by atoms with E-state index in [4.69, 9.17) is 14.2 Å². The van der Waals surface area contributed by atoms with Crippen LogP contribution in [0.5, 0.6) is 11.5 Å². The van der Waals surface area contributed by atoms with Crippen LogP contribution in [0.15, 0.2) is 45.9 Å². The lowest BCUT2D eigenvalue weighted by molar-refractivity contribution is -0.141. The highest BCUT2D eigenvalue weighted by Gasteiger charge is 2.16. The van der Waals surface area contributed by atoms with Gasteiger partial charge in [-0.3, -0.25) is 9.59 Å². The van der Waals surface area contributed by atoms with Crippen molar-refractivity contribution in [2.45, 2.75) is 6.54 Å². The second-order valence-corrected chi connectivity index (χ2v) is 7.57. The van der Waals surface area contributed by atoms with Crippen molar-refractivity contribution in [3.05, 3.63) is 51.2 Å². The number of fused-ring (bicyclic) bond motifs is 1. The Morgan fingerprint density at radius 3 is 2.32 bits per heavy atom. The van der Waals surface area contributed by atoms with Gasteiger partial charge in [-0.2, -0.15) is 4.99 Å². The van der Waals surface area contributed by atoms with Gasteiger partial charge in [-0.25, -0.2) is 0 Å². The van der Waals surface area contributed by atoms with Gasteiger partial charge >= 0.3 is 5.97 Å². The first-order valence-electron chi connectivity index (χ1n) is 8.13. The van der Waals surface area contributed by atoms with Crippen molar-refractivity contribution in [1.82, 2.24) is 4.57 Å². The molecule has 3 aromatic rings. The molecule has 0 aliphatic rings. The van der Waals surface area contributed by atoms with Gasteiger partial charge in [0.15, 0.2) is 16.3 Å². The second-order valence-electron chi connectivity index (χ2n) is 5.65. The van der Waals surface area contributed by atoms with Gasteiger partial charge in [-0.05, 0) is 24.3 Å². The fourth-order valence-electron chi connectivity index (χ4n) is 2.57. The highest BCUT2D eigenvalue weighted by Crippen LogP contribution is 2.33. The molecule has 0 N–H and O–H groups in total. The van der Waals surface area contributed by atoms with Gasteiger partial charge in [0.1, 0.15) is 6.54 Å². The maximum Gasteiger partial charge on any atom is 0.325 e. The molecule has 0 fully saturated rings. The normalized spacial score (nSPS) is 11.5. The number of ether oxygens (including phenoxy) is 3. The van der Waals surface area contributed by atoms with Crippen LogP contribution in [0, 0.1) is 0 Å². The lowest BCUT2D eigenvalue weighted by Crippen LogP contribution is -2.22. The summed E-state index contributed by atoms with van der Waals surface area (Å²) in [5, 5.41) is 0. The third-order valence-electron chi connectivity index (χ3n) is 3.99. The Balaban J connectivity index is 2.19. The van der Waals surface area contributed by atoms with Crippen molar-refractivity contribution >= 4 is 49.4 Å². The minimum Gasteiger partial charge on any atom is -0.493 e. The van der Waals surface area contributed by atoms with Crippen molar-refractivity contribution < 1.29 is 23.8 Å². The molecule has 146 valence electrons. The van der Waals surface area contributed by atoms with E-state index in [1.807, 2.05) is 0 Å². The molecule has 0 aliphatic carbocycles. The molecule has 0 atom stereocenters. The zero-order valence-electron chi connectivity index (χ0n) is 15.4.